The van der Waals surface area contributed by atoms with Crippen LogP contribution < -0.4 is 10.3 Å². The minimum atomic E-state index is -0.223. The van der Waals surface area contributed by atoms with Crippen LogP contribution in [0.3, 0.4) is 0 Å². The lowest BCUT2D eigenvalue weighted by atomic mass is 10.2. The first-order valence-electron chi connectivity index (χ1n) is 5.85. The number of hydrogen-bond acceptors (Lipinski definition) is 3. The minimum absolute atomic E-state index is 0.223. The van der Waals surface area contributed by atoms with Crippen LogP contribution in [0.2, 0.25) is 10.0 Å². The van der Waals surface area contributed by atoms with E-state index in [0.29, 0.717) is 26.8 Å². The van der Waals surface area contributed by atoms with Crippen LogP contribution in [-0.4, -0.2) is 9.78 Å². The Labute approximate surface area is 134 Å². The molecule has 0 saturated carbocycles. The molecule has 0 aliphatic heterocycles. The quantitative estimate of drug-likeness (QED) is 0.811. The maximum absolute atomic E-state index is 11.9. The number of ether oxygens (including phenoxy) is 1. The fourth-order valence-electron chi connectivity index (χ4n) is 1.57. The topological polar surface area (TPSA) is 44.1 Å². The van der Waals surface area contributed by atoms with Gasteiger partial charge in [0.05, 0.1) is 16.2 Å². The van der Waals surface area contributed by atoms with Gasteiger partial charge in [-0.3, -0.25) is 4.79 Å². The summed E-state index contributed by atoms with van der Waals surface area (Å²) in [7, 11) is 0. The minimum Gasteiger partial charge on any atom is -0.486 e. The smallest absolute Gasteiger partial charge is 0.284 e. The van der Waals surface area contributed by atoms with Crippen LogP contribution in [0.5, 0.6) is 5.75 Å². The average molecular weight is 378 g/mol. The molecule has 2 rings (SSSR count). The van der Waals surface area contributed by atoms with Gasteiger partial charge in [0, 0.05) is 6.54 Å². The zero-order valence-corrected chi connectivity index (χ0v) is 13.7. The SMILES string of the molecule is CCn1ncc(OCc2ccc(Cl)c(Cl)c2)c(Br)c1=O. The van der Waals surface area contributed by atoms with Crippen LogP contribution in [0.1, 0.15) is 12.5 Å². The van der Waals surface area contributed by atoms with Gasteiger partial charge in [0.2, 0.25) is 0 Å². The molecule has 4 nitrogen and oxygen atoms in total. The Bertz CT molecular complexity index is 689. The van der Waals surface area contributed by atoms with Crippen molar-refractivity contribution in [1.82, 2.24) is 9.78 Å². The van der Waals surface area contributed by atoms with E-state index in [0.717, 1.165) is 5.56 Å². The van der Waals surface area contributed by atoms with Gasteiger partial charge in [-0.25, -0.2) is 4.68 Å². The van der Waals surface area contributed by atoms with E-state index in [9.17, 15) is 4.79 Å². The third-order valence-corrected chi connectivity index (χ3v) is 4.10. The van der Waals surface area contributed by atoms with Gasteiger partial charge in [-0.15, -0.1) is 0 Å². The number of hydrogen-bond donors (Lipinski definition) is 0. The Morgan fingerprint density at radius 1 is 1.35 bits per heavy atom. The molecule has 1 heterocycles. The van der Waals surface area contributed by atoms with Gasteiger partial charge in [0.1, 0.15) is 11.1 Å². The highest BCUT2D eigenvalue weighted by atomic mass is 79.9. The Kier molecular flexibility index (Phi) is 5.07. The van der Waals surface area contributed by atoms with Crippen molar-refractivity contribution in [2.45, 2.75) is 20.1 Å². The number of rotatable bonds is 4. The average Bonchev–Trinajstić information content (AvgIpc) is 2.44. The zero-order chi connectivity index (χ0) is 14.7. The van der Waals surface area contributed by atoms with Gasteiger partial charge in [-0.05, 0) is 40.5 Å². The summed E-state index contributed by atoms with van der Waals surface area (Å²) < 4.78 is 7.27. The molecule has 0 spiro atoms. The Morgan fingerprint density at radius 3 is 2.75 bits per heavy atom. The highest BCUT2D eigenvalue weighted by Gasteiger charge is 2.09. The van der Waals surface area contributed by atoms with E-state index < -0.39 is 0 Å². The molecule has 0 radical (unpaired) electrons. The van der Waals surface area contributed by atoms with E-state index in [1.54, 1.807) is 12.1 Å². The van der Waals surface area contributed by atoms with Crippen LogP contribution in [0.25, 0.3) is 0 Å². The number of nitrogens with zero attached hydrogens (tertiary/aromatic N) is 2. The van der Waals surface area contributed by atoms with E-state index in [4.69, 9.17) is 27.9 Å². The predicted molar refractivity (Wildman–Crippen MR) is 82.7 cm³/mol. The second kappa shape index (κ2) is 6.61. The fraction of sp³-hybridized carbons (Fsp3) is 0.231. The summed E-state index contributed by atoms with van der Waals surface area (Å²) in [6, 6.07) is 5.23. The third-order valence-electron chi connectivity index (χ3n) is 2.63. The van der Waals surface area contributed by atoms with Gasteiger partial charge < -0.3 is 4.74 Å². The summed E-state index contributed by atoms with van der Waals surface area (Å²) >= 11 is 15.0. The summed E-state index contributed by atoms with van der Waals surface area (Å²) in [6.45, 7) is 2.62. The molecule has 0 atom stereocenters. The van der Waals surface area contributed by atoms with E-state index in [-0.39, 0.29) is 12.2 Å². The van der Waals surface area contributed by atoms with Crippen molar-refractivity contribution in [1.29, 1.82) is 0 Å². The lowest BCUT2D eigenvalue weighted by molar-refractivity contribution is 0.300. The lowest BCUT2D eigenvalue weighted by Crippen LogP contribution is -2.22. The fourth-order valence-corrected chi connectivity index (χ4v) is 2.31. The molecule has 0 fully saturated rings. The number of aromatic nitrogens is 2. The van der Waals surface area contributed by atoms with E-state index in [1.807, 2.05) is 13.0 Å². The van der Waals surface area contributed by atoms with Crippen molar-refractivity contribution in [3.05, 3.63) is 54.8 Å². The van der Waals surface area contributed by atoms with Gasteiger partial charge in [0.15, 0.2) is 5.75 Å². The molecule has 0 aliphatic rings. The molecule has 0 amide bonds. The largest absolute Gasteiger partial charge is 0.486 e. The molecule has 7 heteroatoms. The molecule has 0 aliphatic carbocycles. The second-order valence-electron chi connectivity index (χ2n) is 3.98. The van der Waals surface area contributed by atoms with Crippen molar-refractivity contribution in [2.24, 2.45) is 0 Å². The summed E-state index contributed by atoms with van der Waals surface area (Å²) in [6.07, 6.45) is 1.51. The predicted octanol–water partition coefficient (Wildman–Crippen LogP) is 3.91. The van der Waals surface area contributed by atoms with Crippen LogP contribution in [0.4, 0.5) is 0 Å². The first-order chi connectivity index (χ1) is 9.52. The highest BCUT2D eigenvalue weighted by molar-refractivity contribution is 9.10. The maximum Gasteiger partial charge on any atom is 0.284 e. The number of benzene rings is 1. The van der Waals surface area contributed by atoms with Crippen molar-refractivity contribution in [2.75, 3.05) is 0 Å². The van der Waals surface area contributed by atoms with Gasteiger partial charge in [0.25, 0.3) is 5.56 Å². The molecule has 106 valence electrons. The normalized spacial score (nSPS) is 10.6. The van der Waals surface area contributed by atoms with Crippen molar-refractivity contribution in [3.8, 4) is 5.75 Å². The summed E-state index contributed by atoms with van der Waals surface area (Å²) in [5, 5.41) is 4.96. The van der Waals surface area contributed by atoms with Crippen LogP contribution in [-0.2, 0) is 13.2 Å². The first-order valence-corrected chi connectivity index (χ1v) is 7.40. The molecular weight excluding hydrogens is 367 g/mol. The van der Waals surface area contributed by atoms with Crippen molar-refractivity contribution in [3.63, 3.8) is 0 Å². The Morgan fingerprint density at radius 2 is 2.10 bits per heavy atom. The summed E-state index contributed by atoms with van der Waals surface area (Å²) in [5.41, 5.74) is 0.630. The third kappa shape index (κ3) is 3.34. The van der Waals surface area contributed by atoms with Crippen LogP contribution in [0, 0.1) is 0 Å². The van der Waals surface area contributed by atoms with Crippen molar-refractivity contribution >= 4 is 39.1 Å². The molecule has 2 aromatic rings. The zero-order valence-electron chi connectivity index (χ0n) is 10.6. The molecule has 1 aromatic carbocycles. The monoisotopic (exact) mass is 376 g/mol. The number of halogens is 3. The summed E-state index contributed by atoms with van der Waals surface area (Å²) in [4.78, 5) is 11.9. The Balaban J connectivity index is 2.17. The molecule has 0 unspecified atom stereocenters. The standard InChI is InChI=1S/C13H11BrCl2N2O2/c1-2-18-13(19)12(14)11(6-17-18)20-7-8-3-4-9(15)10(16)5-8/h3-6H,2,7H2,1H3. The van der Waals surface area contributed by atoms with E-state index in [1.165, 1.54) is 10.9 Å². The van der Waals surface area contributed by atoms with Crippen LogP contribution in [0.15, 0.2) is 33.7 Å². The van der Waals surface area contributed by atoms with Gasteiger partial charge >= 0.3 is 0 Å². The molecule has 20 heavy (non-hydrogen) atoms. The second-order valence-corrected chi connectivity index (χ2v) is 5.59. The Hall–Kier alpha value is -1.04. The molecule has 0 N–H and O–H groups in total. The molecular formula is C13H11BrCl2N2O2. The molecule has 0 bridgehead atoms. The lowest BCUT2D eigenvalue weighted by Gasteiger charge is -2.09. The van der Waals surface area contributed by atoms with Crippen LogP contribution >= 0.6 is 39.1 Å². The first kappa shape index (κ1) is 15.4. The van der Waals surface area contributed by atoms with Gasteiger partial charge in [-0.1, -0.05) is 29.3 Å². The highest BCUT2D eigenvalue weighted by Crippen LogP contribution is 2.24. The van der Waals surface area contributed by atoms with Gasteiger partial charge in [-0.2, -0.15) is 5.10 Å². The maximum atomic E-state index is 11.9. The number of aryl methyl sites for hydroxylation is 1. The molecule has 0 saturated heterocycles. The van der Waals surface area contributed by atoms with E-state index >= 15 is 0 Å². The molecule has 1 aromatic heterocycles. The van der Waals surface area contributed by atoms with Crippen molar-refractivity contribution < 1.29 is 4.74 Å². The van der Waals surface area contributed by atoms with E-state index in [2.05, 4.69) is 21.0 Å². The summed E-state index contributed by atoms with van der Waals surface area (Å²) in [5.74, 6) is 0.394.